The van der Waals surface area contributed by atoms with Crippen LogP contribution < -0.4 is 5.32 Å². The summed E-state index contributed by atoms with van der Waals surface area (Å²) >= 11 is 0. The van der Waals surface area contributed by atoms with Gasteiger partial charge in [0.2, 0.25) is 0 Å². The lowest BCUT2D eigenvalue weighted by Crippen LogP contribution is -2.53. The van der Waals surface area contributed by atoms with Crippen molar-refractivity contribution in [3.05, 3.63) is 0 Å². The molecule has 0 amide bonds. The predicted molar refractivity (Wildman–Crippen MR) is 73.6 cm³/mol. The molecule has 0 heterocycles. The van der Waals surface area contributed by atoms with Gasteiger partial charge in [-0.2, -0.15) is 0 Å². The Hall–Kier alpha value is -0.610. The van der Waals surface area contributed by atoms with Gasteiger partial charge in [-0.3, -0.25) is 10.1 Å². The Balaban J connectivity index is 4.13. The highest BCUT2D eigenvalue weighted by Gasteiger charge is 2.34. The van der Waals surface area contributed by atoms with Crippen LogP contribution in [0.2, 0.25) is 0 Å². The number of methoxy groups -OCH3 is 1. The van der Waals surface area contributed by atoms with Crippen molar-refractivity contribution in [1.82, 2.24) is 5.32 Å². The third-order valence-corrected chi connectivity index (χ3v) is 2.83. The quantitative estimate of drug-likeness (QED) is 0.510. The second kappa shape index (κ2) is 8.48. The van der Waals surface area contributed by atoms with Gasteiger partial charge in [-0.05, 0) is 39.5 Å². The topological polar surface area (TPSA) is 47.6 Å². The Bertz CT molecular complexity index is 241. The van der Waals surface area contributed by atoms with E-state index in [4.69, 9.17) is 9.47 Å². The van der Waals surface area contributed by atoms with Crippen LogP contribution in [0.1, 0.15) is 47.5 Å². The zero-order chi connectivity index (χ0) is 14.2. The molecule has 108 valence electrons. The van der Waals surface area contributed by atoms with Crippen LogP contribution in [0, 0.1) is 5.92 Å². The molecule has 0 bridgehead atoms. The third kappa shape index (κ3) is 6.97. The summed E-state index contributed by atoms with van der Waals surface area (Å²) in [6.45, 7) is 11.5. The van der Waals surface area contributed by atoms with Crippen LogP contribution in [0.25, 0.3) is 0 Å². The van der Waals surface area contributed by atoms with Crippen molar-refractivity contribution < 1.29 is 14.3 Å². The van der Waals surface area contributed by atoms with Crippen molar-refractivity contribution in [3.63, 3.8) is 0 Å². The van der Waals surface area contributed by atoms with Gasteiger partial charge in [-0.1, -0.05) is 13.8 Å². The van der Waals surface area contributed by atoms with Gasteiger partial charge in [0, 0.05) is 19.3 Å². The summed E-state index contributed by atoms with van der Waals surface area (Å²) in [7, 11) is 1.42. The molecule has 4 heteroatoms. The number of hydrogen-bond donors (Lipinski definition) is 1. The van der Waals surface area contributed by atoms with E-state index in [1.165, 1.54) is 7.11 Å². The van der Waals surface area contributed by atoms with E-state index in [0.29, 0.717) is 18.9 Å². The molecule has 0 aliphatic carbocycles. The first-order valence-electron chi connectivity index (χ1n) is 6.75. The van der Waals surface area contributed by atoms with Crippen LogP contribution in [0.3, 0.4) is 0 Å². The van der Waals surface area contributed by atoms with E-state index in [1.54, 1.807) is 0 Å². The summed E-state index contributed by atoms with van der Waals surface area (Å²) in [6.07, 6.45) is 1.67. The van der Waals surface area contributed by atoms with E-state index in [9.17, 15) is 4.79 Å². The van der Waals surface area contributed by atoms with Gasteiger partial charge in [0.05, 0.1) is 7.11 Å². The molecule has 18 heavy (non-hydrogen) atoms. The molecule has 1 unspecified atom stereocenters. The fourth-order valence-electron chi connectivity index (χ4n) is 1.79. The second-order valence-electron chi connectivity index (χ2n) is 5.67. The van der Waals surface area contributed by atoms with E-state index in [0.717, 1.165) is 13.0 Å². The number of carbonyl (C=O) groups excluding carboxylic acids is 1. The molecule has 0 aromatic heterocycles. The molecule has 0 rings (SSSR count). The normalized spacial score (nSPS) is 14.9. The molecule has 0 aliphatic rings. The second-order valence-corrected chi connectivity index (χ2v) is 5.67. The highest BCUT2D eigenvalue weighted by Crippen LogP contribution is 2.13. The van der Waals surface area contributed by atoms with Gasteiger partial charge >= 0.3 is 5.97 Å². The number of carbonyl (C=O) groups is 1. The van der Waals surface area contributed by atoms with E-state index in [-0.39, 0.29) is 12.0 Å². The number of esters is 1. The maximum Gasteiger partial charge on any atom is 0.325 e. The van der Waals surface area contributed by atoms with Crippen LogP contribution in [0.4, 0.5) is 0 Å². The molecule has 0 aromatic rings. The summed E-state index contributed by atoms with van der Waals surface area (Å²) in [4.78, 5) is 11.8. The summed E-state index contributed by atoms with van der Waals surface area (Å²) < 4.78 is 10.4. The van der Waals surface area contributed by atoms with Gasteiger partial charge in [0.25, 0.3) is 0 Å². The van der Waals surface area contributed by atoms with E-state index < -0.39 is 5.54 Å². The lowest BCUT2D eigenvalue weighted by atomic mass is 9.97. The first kappa shape index (κ1) is 17.4. The monoisotopic (exact) mass is 259 g/mol. The molecule has 0 aromatic carbocycles. The average molecular weight is 259 g/mol. The SMILES string of the molecule is COC(=O)C(C)(CCOCCC(C)C)NC(C)C. The van der Waals surface area contributed by atoms with Gasteiger partial charge in [0.15, 0.2) is 0 Å². The molecule has 1 atom stereocenters. The average Bonchev–Trinajstić information content (AvgIpc) is 2.26. The molecule has 0 saturated carbocycles. The molecule has 0 radical (unpaired) electrons. The summed E-state index contributed by atoms with van der Waals surface area (Å²) in [6, 6.07) is 0.227. The van der Waals surface area contributed by atoms with Crippen molar-refractivity contribution in [2.45, 2.75) is 59.0 Å². The summed E-state index contributed by atoms with van der Waals surface area (Å²) in [5.41, 5.74) is -0.666. The summed E-state index contributed by atoms with van der Waals surface area (Å²) in [5, 5.41) is 3.25. The minimum atomic E-state index is -0.666. The molecule has 4 nitrogen and oxygen atoms in total. The van der Waals surface area contributed by atoms with Crippen molar-refractivity contribution in [2.75, 3.05) is 20.3 Å². The molecule has 0 aliphatic heterocycles. The number of ether oxygens (including phenoxy) is 2. The molecular weight excluding hydrogens is 230 g/mol. The minimum Gasteiger partial charge on any atom is -0.468 e. The molecular formula is C14H29NO3. The fraction of sp³-hybridized carbons (Fsp3) is 0.929. The number of nitrogens with one attached hydrogen (secondary N) is 1. The van der Waals surface area contributed by atoms with Crippen LogP contribution in [0.15, 0.2) is 0 Å². The highest BCUT2D eigenvalue weighted by atomic mass is 16.5. The maximum atomic E-state index is 11.8. The van der Waals surface area contributed by atoms with Crippen LogP contribution in [-0.4, -0.2) is 37.9 Å². The van der Waals surface area contributed by atoms with Gasteiger partial charge in [-0.15, -0.1) is 0 Å². The Morgan fingerprint density at radius 3 is 2.28 bits per heavy atom. The van der Waals surface area contributed by atoms with Crippen molar-refractivity contribution in [1.29, 1.82) is 0 Å². The van der Waals surface area contributed by atoms with Crippen LogP contribution in [-0.2, 0) is 14.3 Å². The standard InChI is InChI=1S/C14H29NO3/c1-11(2)7-9-18-10-8-14(5,13(16)17-6)15-12(3)4/h11-12,15H,7-10H2,1-6H3. The molecule has 0 saturated heterocycles. The fourth-order valence-corrected chi connectivity index (χ4v) is 1.79. The van der Waals surface area contributed by atoms with E-state index in [1.807, 2.05) is 20.8 Å². The van der Waals surface area contributed by atoms with E-state index >= 15 is 0 Å². The van der Waals surface area contributed by atoms with Crippen LogP contribution >= 0.6 is 0 Å². The zero-order valence-corrected chi connectivity index (χ0v) is 12.7. The largest absolute Gasteiger partial charge is 0.468 e. The minimum absolute atomic E-state index is 0.227. The van der Waals surface area contributed by atoms with Crippen LogP contribution in [0.5, 0.6) is 0 Å². The lowest BCUT2D eigenvalue weighted by molar-refractivity contribution is -0.149. The molecule has 1 N–H and O–H groups in total. The third-order valence-electron chi connectivity index (χ3n) is 2.83. The molecule has 0 spiro atoms. The Labute approximate surface area is 111 Å². The Kier molecular flexibility index (Phi) is 8.20. The number of hydrogen-bond acceptors (Lipinski definition) is 4. The summed E-state index contributed by atoms with van der Waals surface area (Å²) in [5.74, 6) is 0.412. The van der Waals surface area contributed by atoms with E-state index in [2.05, 4.69) is 19.2 Å². The highest BCUT2D eigenvalue weighted by molar-refractivity contribution is 5.80. The van der Waals surface area contributed by atoms with Gasteiger partial charge < -0.3 is 9.47 Å². The van der Waals surface area contributed by atoms with Crippen molar-refractivity contribution >= 4 is 5.97 Å². The first-order valence-corrected chi connectivity index (χ1v) is 6.75. The predicted octanol–water partition coefficient (Wildman–Crippen LogP) is 2.37. The zero-order valence-electron chi connectivity index (χ0n) is 12.7. The number of rotatable bonds is 9. The first-order chi connectivity index (χ1) is 8.31. The van der Waals surface area contributed by atoms with Crippen molar-refractivity contribution in [2.24, 2.45) is 5.92 Å². The smallest absolute Gasteiger partial charge is 0.325 e. The van der Waals surface area contributed by atoms with Crippen molar-refractivity contribution in [3.8, 4) is 0 Å². The lowest BCUT2D eigenvalue weighted by Gasteiger charge is -2.30. The van der Waals surface area contributed by atoms with Gasteiger partial charge in [0.1, 0.15) is 5.54 Å². The Morgan fingerprint density at radius 1 is 1.22 bits per heavy atom. The van der Waals surface area contributed by atoms with Gasteiger partial charge in [-0.25, -0.2) is 0 Å². The maximum absolute atomic E-state index is 11.8. The molecule has 0 fully saturated rings. The Morgan fingerprint density at radius 2 is 1.83 bits per heavy atom.